The molecule has 0 aromatic carbocycles. The van der Waals surface area contributed by atoms with Gasteiger partial charge in [0.15, 0.2) is 0 Å². The van der Waals surface area contributed by atoms with Gasteiger partial charge in [0.1, 0.15) is 0 Å². The molecule has 0 aliphatic rings. The largest absolute Gasteiger partial charge is 0.396 e. The molecule has 0 saturated heterocycles. The summed E-state index contributed by atoms with van der Waals surface area (Å²) in [5.41, 5.74) is 1.20. The Morgan fingerprint density at radius 2 is 1.93 bits per heavy atom. The van der Waals surface area contributed by atoms with Crippen molar-refractivity contribution in [2.24, 2.45) is 5.92 Å². The molecule has 0 aliphatic heterocycles. The van der Waals surface area contributed by atoms with Crippen LogP contribution in [0.1, 0.15) is 18.5 Å². The van der Waals surface area contributed by atoms with Crippen LogP contribution in [0.5, 0.6) is 0 Å². The molecule has 2 unspecified atom stereocenters. The molecule has 0 aliphatic carbocycles. The maximum atomic E-state index is 9.17. The van der Waals surface area contributed by atoms with Crippen LogP contribution in [0.15, 0.2) is 24.5 Å². The lowest BCUT2D eigenvalue weighted by Crippen LogP contribution is -2.27. The van der Waals surface area contributed by atoms with Gasteiger partial charge in [0.25, 0.3) is 0 Å². The number of aliphatic hydroxyl groups is 1. The van der Waals surface area contributed by atoms with E-state index in [-0.39, 0.29) is 18.6 Å². The molecule has 1 N–H and O–H groups in total. The highest BCUT2D eigenvalue weighted by Gasteiger charge is 2.20. The quantitative estimate of drug-likeness (QED) is 0.785. The number of nitrogens with zero attached hydrogens (tertiary/aromatic N) is 2. The number of rotatable bonds is 4. The second-order valence-corrected chi connectivity index (χ2v) is 3.85. The average Bonchev–Trinajstić information content (AvgIpc) is 2.19. The predicted molar refractivity (Wildman–Crippen MR) is 56.9 cm³/mol. The topological polar surface area (TPSA) is 36.4 Å². The zero-order valence-corrected chi connectivity index (χ0v) is 9.01. The van der Waals surface area contributed by atoms with Crippen LogP contribution in [0.4, 0.5) is 0 Å². The molecule has 0 amide bonds. The van der Waals surface area contributed by atoms with Crippen LogP contribution in [-0.4, -0.2) is 35.7 Å². The Labute approximate surface area is 85.4 Å². The molecule has 78 valence electrons. The first-order chi connectivity index (χ1) is 6.66. The van der Waals surface area contributed by atoms with Gasteiger partial charge >= 0.3 is 0 Å². The molecule has 2 atom stereocenters. The van der Waals surface area contributed by atoms with E-state index >= 15 is 0 Å². The van der Waals surface area contributed by atoms with Crippen molar-refractivity contribution in [1.82, 2.24) is 9.88 Å². The zero-order chi connectivity index (χ0) is 10.6. The van der Waals surface area contributed by atoms with E-state index < -0.39 is 0 Å². The first-order valence-electron chi connectivity index (χ1n) is 4.84. The fourth-order valence-corrected chi connectivity index (χ4v) is 1.80. The summed E-state index contributed by atoms with van der Waals surface area (Å²) in [5, 5.41) is 9.17. The van der Waals surface area contributed by atoms with Gasteiger partial charge in [-0.15, -0.1) is 0 Å². The highest BCUT2D eigenvalue weighted by atomic mass is 16.3. The standard InChI is InChI=1S/C11H18N2O/c1-9(8-14)11(13(2)3)10-4-6-12-7-5-10/h4-7,9,11,14H,8H2,1-3H3. The minimum absolute atomic E-state index is 0.200. The number of aromatic nitrogens is 1. The summed E-state index contributed by atoms with van der Waals surface area (Å²) in [7, 11) is 4.05. The van der Waals surface area contributed by atoms with Crippen LogP contribution < -0.4 is 0 Å². The Balaban J connectivity index is 2.89. The normalized spacial score (nSPS) is 15.5. The van der Waals surface area contributed by atoms with E-state index in [9.17, 15) is 5.11 Å². The van der Waals surface area contributed by atoms with E-state index in [2.05, 4.69) is 9.88 Å². The molecule has 0 saturated carbocycles. The molecule has 1 aromatic rings. The maximum absolute atomic E-state index is 9.17. The molecule has 0 spiro atoms. The maximum Gasteiger partial charge on any atom is 0.0474 e. The molecule has 3 nitrogen and oxygen atoms in total. The third-order valence-corrected chi connectivity index (χ3v) is 2.43. The van der Waals surface area contributed by atoms with Crippen LogP contribution in [-0.2, 0) is 0 Å². The van der Waals surface area contributed by atoms with Gasteiger partial charge in [0, 0.05) is 25.0 Å². The lowest BCUT2D eigenvalue weighted by atomic mass is 9.95. The Morgan fingerprint density at radius 1 is 1.36 bits per heavy atom. The Morgan fingerprint density at radius 3 is 2.36 bits per heavy atom. The summed E-state index contributed by atoms with van der Waals surface area (Å²) in [4.78, 5) is 6.11. The molecule has 1 rings (SSSR count). The van der Waals surface area contributed by atoms with Crippen LogP contribution >= 0.6 is 0 Å². The zero-order valence-electron chi connectivity index (χ0n) is 9.01. The summed E-state index contributed by atoms with van der Waals surface area (Å²) in [6, 6.07) is 4.25. The van der Waals surface area contributed by atoms with Gasteiger partial charge in [-0.1, -0.05) is 6.92 Å². The monoisotopic (exact) mass is 194 g/mol. The van der Waals surface area contributed by atoms with Gasteiger partial charge in [0.05, 0.1) is 0 Å². The lowest BCUT2D eigenvalue weighted by Gasteiger charge is -2.29. The van der Waals surface area contributed by atoms with Crippen molar-refractivity contribution >= 4 is 0 Å². The van der Waals surface area contributed by atoms with Gasteiger partial charge in [0.2, 0.25) is 0 Å². The molecular formula is C11H18N2O. The lowest BCUT2D eigenvalue weighted by molar-refractivity contribution is 0.145. The van der Waals surface area contributed by atoms with Crippen molar-refractivity contribution in [2.45, 2.75) is 13.0 Å². The fraction of sp³-hybridized carbons (Fsp3) is 0.545. The highest BCUT2D eigenvalue weighted by molar-refractivity contribution is 5.15. The third kappa shape index (κ3) is 2.53. The molecule has 1 aromatic heterocycles. The minimum atomic E-state index is 0.200. The van der Waals surface area contributed by atoms with E-state index in [1.54, 1.807) is 12.4 Å². The number of aliphatic hydroxyl groups excluding tert-OH is 1. The van der Waals surface area contributed by atoms with Crippen molar-refractivity contribution in [3.8, 4) is 0 Å². The first-order valence-corrected chi connectivity index (χ1v) is 4.84. The fourth-order valence-electron chi connectivity index (χ4n) is 1.80. The third-order valence-electron chi connectivity index (χ3n) is 2.43. The Hall–Kier alpha value is -0.930. The second kappa shape index (κ2) is 5.08. The predicted octanol–water partition coefficient (Wildman–Crippen LogP) is 1.31. The van der Waals surface area contributed by atoms with Crippen molar-refractivity contribution < 1.29 is 5.11 Å². The van der Waals surface area contributed by atoms with E-state index in [4.69, 9.17) is 0 Å². The molecule has 0 radical (unpaired) electrons. The van der Waals surface area contributed by atoms with Gasteiger partial charge in [-0.25, -0.2) is 0 Å². The van der Waals surface area contributed by atoms with Crippen LogP contribution in [0, 0.1) is 5.92 Å². The van der Waals surface area contributed by atoms with Crippen LogP contribution in [0.3, 0.4) is 0 Å². The molecule has 0 fully saturated rings. The van der Waals surface area contributed by atoms with Crippen LogP contribution in [0.25, 0.3) is 0 Å². The summed E-state index contributed by atoms with van der Waals surface area (Å²) in [6.07, 6.45) is 3.58. The van der Waals surface area contributed by atoms with E-state index in [1.165, 1.54) is 5.56 Å². The summed E-state index contributed by atoms with van der Waals surface area (Å²) in [6.45, 7) is 2.25. The van der Waals surface area contributed by atoms with Gasteiger partial charge in [-0.3, -0.25) is 4.98 Å². The van der Waals surface area contributed by atoms with E-state index in [0.29, 0.717) is 0 Å². The number of hydrogen-bond donors (Lipinski definition) is 1. The Kier molecular flexibility index (Phi) is 4.04. The molecule has 0 bridgehead atoms. The summed E-state index contributed by atoms with van der Waals surface area (Å²) < 4.78 is 0. The van der Waals surface area contributed by atoms with Gasteiger partial charge < -0.3 is 10.0 Å². The first kappa shape index (κ1) is 11.1. The van der Waals surface area contributed by atoms with Crippen molar-refractivity contribution in [1.29, 1.82) is 0 Å². The molecular weight excluding hydrogens is 176 g/mol. The summed E-state index contributed by atoms with van der Waals surface area (Å²) in [5.74, 6) is 0.229. The SMILES string of the molecule is CC(CO)C(c1ccncc1)N(C)C. The minimum Gasteiger partial charge on any atom is -0.396 e. The number of hydrogen-bond acceptors (Lipinski definition) is 3. The second-order valence-electron chi connectivity index (χ2n) is 3.85. The highest BCUT2D eigenvalue weighted by Crippen LogP contribution is 2.25. The van der Waals surface area contributed by atoms with Crippen molar-refractivity contribution in [3.63, 3.8) is 0 Å². The summed E-state index contributed by atoms with van der Waals surface area (Å²) >= 11 is 0. The van der Waals surface area contributed by atoms with Crippen molar-refractivity contribution in [2.75, 3.05) is 20.7 Å². The smallest absolute Gasteiger partial charge is 0.0474 e. The van der Waals surface area contributed by atoms with Gasteiger partial charge in [-0.05, 0) is 37.7 Å². The average molecular weight is 194 g/mol. The van der Waals surface area contributed by atoms with E-state index in [0.717, 1.165) is 0 Å². The molecule has 3 heteroatoms. The van der Waals surface area contributed by atoms with E-state index in [1.807, 2.05) is 33.2 Å². The molecule has 1 heterocycles. The Bertz CT molecular complexity index is 261. The molecule has 14 heavy (non-hydrogen) atoms. The van der Waals surface area contributed by atoms with Gasteiger partial charge in [-0.2, -0.15) is 0 Å². The van der Waals surface area contributed by atoms with Crippen LogP contribution in [0.2, 0.25) is 0 Å². The van der Waals surface area contributed by atoms with Crippen molar-refractivity contribution in [3.05, 3.63) is 30.1 Å². The number of pyridine rings is 1.